The summed E-state index contributed by atoms with van der Waals surface area (Å²) < 4.78 is 5.13. The van der Waals surface area contributed by atoms with Gasteiger partial charge in [-0.15, -0.1) is 6.58 Å². The van der Waals surface area contributed by atoms with E-state index in [4.69, 9.17) is 16.3 Å². The fourth-order valence-electron chi connectivity index (χ4n) is 3.03. The molecule has 31 heavy (non-hydrogen) atoms. The number of carbonyl (C=O) groups is 2. The summed E-state index contributed by atoms with van der Waals surface area (Å²) in [5.74, 6) is 0.412. The number of hydrogen-bond acceptors (Lipinski definition) is 5. The summed E-state index contributed by atoms with van der Waals surface area (Å²) in [6.07, 6.45) is 1.71. The summed E-state index contributed by atoms with van der Waals surface area (Å²) in [7, 11) is 1.61. The lowest BCUT2D eigenvalue weighted by atomic mass is 10.2. The number of amidine groups is 1. The van der Waals surface area contributed by atoms with Gasteiger partial charge >= 0.3 is 0 Å². The van der Waals surface area contributed by atoms with E-state index in [9.17, 15) is 9.59 Å². The van der Waals surface area contributed by atoms with Crippen molar-refractivity contribution in [2.24, 2.45) is 4.99 Å². The van der Waals surface area contributed by atoms with Gasteiger partial charge in [0.1, 0.15) is 11.0 Å². The Morgan fingerprint density at radius 2 is 2.06 bits per heavy atom. The summed E-state index contributed by atoms with van der Waals surface area (Å²) in [6.45, 7) is 6.32. The van der Waals surface area contributed by atoms with Gasteiger partial charge in [-0.05, 0) is 42.3 Å². The molecule has 0 saturated carbocycles. The predicted octanol–water partition coefficient (Wildman–Crippen LogP) is 4.48. The van der Waals surface area contributed by atoms with Crippen LogP contribution in [0.25, 0.3) is 0 Å². The molecular formula is C23H24ClN3O3S. The van der Waals surface area contributed by atoms with Crippen molar-refractivity contribution in [3.8, 4) is 5.75 Å². The van der Waals surface area contributed by atoms with E-state index in [2.05, 4.69) is 16.9 Å². The molecule has 1 aliphatic rings. The van der Waals surface area contributed by atoms with Crippen molar-refractivity contribution < 1.29 is 14.3 Å². The Balaban J connectivity index is 1.67. The van der Waals surface area contributed by atoms with Gasteiger partial charge in [-0.25, -0.2) is 4.99 Å². The van der Waals surface area contributed by atoms with Gasteiger partial charge in [-0.3, -0.25) is 14.5 Å². The second kappa shape index (κ2) is 10.5. The maximum absolute atomic E-state index is 12.9. The maximum Gasteiger partial charge on any atom is 0.242 e. The molecule has 1 atom stereocenters. The van der Waals surface area contributed by atoms with Gasteiger partial charge in [0, 0.05) is 24.5 Å². The Morgan fingerprint density at radius 3 is 2.74 bits per heavy atom. The lowest BCUT2D eigenvalue weighted by molar-refractivity contribution is -0.129. The topological polar surface area (TPSA) is 71.0 Å². The summed E-state index contributed by atoms with van der Waals surface area (Å²) in [5.41, 5.74) is 2.48. The molecule has 1 unspecified atom stereocenters. The van der Waals surface area contributed by atoms with Gasteiger partial charge in [0.2, 0.25) is 11.8 Å². The molecule has 2 aromatic carbocycles. The number of hydrogen-bond donors (Lipinski definition) is 1. The van der Waals surface area contributed by atoms with Crippen LogP contribution in [0.3, 0.4) is 0 Å². The normalized spacial score (nSPS) is 17.1. The van der Waals surface area contributed by atoms with Gasteiger partial charge < -0.3 is 10.1 Å². The SMILES string of the molecule is C=CCN1C(=O)C(CC(=O)NCc2ccc(OC)cc2)SC1=Nc1cccc(Cl)c1C. The third-order valence-corrected chi connectivity index (χ3v) is 6.39. The molecular weight excluding hydrogens is 434 g/mol. The summed E-state index contributed by atoms with van der Waals surface area (Å²) in [6, 6.07) is 12.9. The molecule has 2 amide bonds. The summed E-state index contributed by atoms with van der Waals surface area (Å²) >= 11 is 7.48. The van der Waals surface area contributed by atoms with Gasteiger partial charge in [0.15, 0.2) is 5.17 Å². The van der Waals surface area contributed by atoms with E-state index in [0.717, 1.165) is 16.9 Å². The first-order valence-electron chi connectivity index (χ1n) is 9.75. The third kappa shape index (κ3) is 5.68. The Hall–Kier alpha value is -2.77. The molecule has 2 aromatic rings. The van der Waals surface area contributed by atoms with Crippen molar-refractivity contribution in [1.29, 1.82) is 0 Å². The standard InChI is InChI=1S/C23H24ClN3O3S/c1-4-12-27-22(29)20(31-23(27)26-19-7-5-6-18(24)15(19)2)13-21(28)25-14-16-8-10-17(30-3)11-9-16/h4-11,20H,1,12-14H2,2-3H3,(H,25,28). The number of carbonyl (C=O) groups excluding carboxylic acids is 2. The number of methoxy groups -OCH3 is 1. The molecule has 8 heteroatoms. The van der Waals surface area contributed by atoms with Crippen LogP contribution in [-0.2, 0) is 16.1 Å². The zero-order valence-electron chi connectivity index (χ0n) is 17.4. The van der Waals surface area contributed by atoms with Crippen LogP contribution in [0.5, 0.6) is 5.75 Å². The molecule has 0 spiro atoms. The monoisotopic (exact) mass is 457 g/mol. The molecule has 1 aliphatic heterocycles. The molecule has 3 rings (SSSR count). The Bertz CT molecular complexity index is 1010. The lowest BCUT2D eigenvalue weighted by Gasteiger charge is -2.14. The van der Waals surface area contributed by atoms with Crippen LogP contribution in [0.15, 0.2) is 60.1 Å². The van der Waals surface area contributed by atoms with E-state index >= 15 is 0 Å². The molecule has 0 aliphatic carbocycles. The first-order chi connectivity index (χ1) is 14.9. The minimum Gasteiger partial charge on any atom is -0.497 e. The zero-order valence-corrected chi connectivity index (χ0v) is 19.0. The molecule has 1 fully saturated rings. The number of aliphatic imine (C=N–C) groups is 1. The molecule has 6 nitrogen and oxygen atoms in total. The number of ether oxygens (including phenoxy) is 1. The molecule has 1 heterocycles. The fourth-order valence-corrected chi connectivity index (χ4v) is 4.36. The van der Waals surface area contributed by atoms with Crippen LogP contribution in [0.4, 0.5) is 5.69 Å². The molecule has 162 valence electrons. The zero-order chi connectivity index (χ0) is 22.4. The number of rotatable bonds is 8. The highest BCUT2D eigenvalue weighted by Gasteiger charge is 2.38. The number of nitrogens with one attached hydrogen (secondary N) is 1. The average Bonchev–Trinajstić information content (AvgIpc) is 3.05. The van der Waals surface area contributed by atoms with Crippen molar-refractivity contribution in [1.82, 2.24) is 10.2 Å². The highest BCUT2D eigenvalue weighted by atomic mass is 35.5. The number of nitrogens with zero attached hydrogens (tertiary/aromatic N) is 2. The number of thioether (sulfide) groups is 1. The van der Waals surface area contributed by atoms with E-state index in [1.807, 2.05) is 43.3 Å². The molecule has 0 aromatic heterocycles. The largest absolute Gasteiger partial charge is 0.497 e. The first kappa shape index (κ1) is 22.9. The molecule has 0 bridgehead atoms. The van der Waals surface area contributed by atoms with Crippen molar-refractivity contribution in [3.05, 3.63) is 71.3 Å². The first-order valence-corrected chi connectivity index (χ1v) is 11.0. The predicted molar refractivity (Wildman–Crippen MR) is 126 cm³/mol. The van der Waals surface area contributed by atoms with E-state index in [1.54, 1.807) is 24.2 Å². The van der Waals surface area contributed by atoms with Gasteiger partial charge in [0.25, 0.3) is 0 Å². The molecule has 1 N–H and O–H groups in total. The quantitative estimate of drug-likeness (QED) is 0.593. The maximum atomic E-state index is 12.9. The van der Waals surface area contributed by atoms with E-state index < -0.39 is 5.25 Å². The van der Waals surface area contributed by atoms with Gasteiger partial charge in [-0.1, -0.05) is 47.6 Å². The fraction of sp³-hybridized carbons (Fsp3) is 0.261. The molecule has 0 radical (unpaired) electrons. The lowest BCUT2D eigenvalue weighted by Crippen LogP contribution is -2.34. The van der Waals surface area contributed by atoms with Gasteiger partial charge in [-0.2, -0.15) is 0 Å². The van der Waals surface area contributed by atoms with Crippen LogP contribution in [0.1, 0.15) is 17.5 Å². The smallest absolute Gasteiger partial charge is 0.242 e. The van der Waals surface area contributed by atoms with Crippen LogP contribution in [-0.4, -0.2) is 40.8 Å². The number of amides is 2. The van der Waals surface area contributed by atoms with Crippen LogP contribution < -0.4 is 10.1 Å². The summed E-state index contributed by atoms with van der Waals surface area (Å²) in [5, 5.41) is 3.49. The highest BCUT2D eigenvalue weighted by molar-refractivity contribution is 8.15. The minimum absolute atomic E-state index is 0.0703. The Labute approximate surface area is 191 Å². The van der Waals surface area contributed by atoms with Crippen molar-refractivity contribution >= 4 is 46.0 Å². The van der Waals surface area contributed by atoms with E-state index in [-0.39, 0.29) is 18.2 Å². The van der Waals surface area contributed by atoms with Crippen molar-refractivity contribution in [2.75, 3.05) is 13.7 Å². The van der Waals surface area contributed by atoms with Gasteiger partial charge in [0.05, 0.1) is 12.8 Å². The van der Waals surface area contributed by atoms with E-state index in [1.165, 1.54) is 11.8 Å². The highest BCUT2D eigenvalue weighted by Crippen LogP contribution is 2.33. The second-order valence-corrected chi connectivity index (χ2v) is 8.53. The second-order valence-electron chi connectivity index (χ2n) is 6.95. The third-order valence-electron chi connectivity index (χ3n) is 4.81. The Morgan fingerprint density at radius 1 is 1.32 bits per heavy atom. The number of halogens is 1. The van der Waals surface area contributed by atoms with Crippen molar-refractivity contribution in [2.45, 2.75) is 25.1 Å². The van der Waals surface area contributed by atoms with Crippen LogP contribution in [0, 0.1) is 6.92 Å². The van der Waals surface area contributed by atoms with Crippen molar-refractivity contribution in [3.63, 3.8) is 0 Å². The van der Waals surface area contributed by atoms with E-state index in [0.29, 0.717) is 29.0 Å². The summed E-state index contributed by atoms with van der Waals surface area (Å²) in [4.78, 5) is 31.6. The van der Waals surface area contributed by atoms with Crippen LogP contribution in [0.2, 0.25) is 5.02 Å². The Kier molecular flexibility index (Phi) is 7.76. The molecule has 1 saturated heterocycles. The minimum atomic E-state index is -0.533. The van der Waals surface area contributed by atoms with Crippen LogP contribution >= 0.6 is 23.4 Å². The number of benzene rings is 2. The average molecular weight is 458 g/mol.